The van der Waals surface area contributed by atoms with Gasteiger partial charge < -0.3 is 5.32 Å². The first-order valence-corrected chi connectivity index (χ1v) is 9.47. The van der Waals surface area contributed by atoms with Crippen LogP contribution in [0.1, 0.15) is 0 Å². The minimum Gasteiger partial charge on any atom is -0.322 e. The van der Waals surface area contributed by atoms with Gasteiger partial charge in [-0.05, 0) is 36.4 Å². The highest BCUT2D eigenvalue weighted by molar-refractivity contribution is 7.92. The molecular weight excluding hydrogens is 418 g/mol. The third-order valence-electron chi connectivity index (χ3n) is 2.78. The van der Waals surface area contributed by atoms with Gasteiger partial charge in [0.1, 0.15) is 0 Å². The van der Waals surface area contributed by atoms with Gasteiger partial charge in [-0.25, -0.2) is 8.42 Å². The van der Waals surface area contributed by atoms with E-state index in [1.807, 2.05) is 0 Å². The molecule has 1 amide bonds. The zero-order valence-corrected chi connectivity index (χ0v) is 15.6. The van der Waals surface area contributed by atoms with Crippen LogP contribution in [0.25, 0.3) is 0 Å². The fourth-order valence-electron chi connectivity index (χ4n) is 1.72. The monoisotopic (exact) mass is 426 g/mol. The number of hydrogen-bond donors (Lipinski definition) is 2. The van der Waals surface area contributed by atoms with Crippen LogP contribution in [0.5, 0.6) is 0 Å². The number of rotatable bonds is 5. The Morgan fingerprint density at radius 1 is 1.04 bits per heavy atom. The molecule has 0 saturated heterocycles. The Morgan fingerprint density at radius 2 is 1.75 bits per heavy atom. The van der Waals surface area contributed by atoms with Gasteiger partial charge in [0.25, 0.3) is 15.9 Å². The van der Waals surface area contributed by atoms with Crippen molar-refractivity contribution in [3.8, 4) is 0 Å². The third kappa shape index (κ3) is 4.91. The lowest BCUT2D eigenvalue weighted by Gasteiger charge is -2.12. The maximum atomic E-state index is 12.4. The summed E-state index contributed by atoms with van der Waals surface area (Å²) in [4.78, 5) is 10.1. The van der Waals surface area contributed by atoms with E-state index in [1.54, 1.807) is 18.2 Å². The second kappa shape index (κ2) is 7.80. The number of amides is 1. The number of anilines is 2. The Balaban J connectivity index is 2.32. The van der Waals surface area contributed by atoms with E-state index in [2.05, 4.69) is 10.0 Å². The van der Waals surface area contributed by atoms with E-state index in [-0.39, 0.29) is 15.6 Å². The minimum atomic E-state index is -3.91. The third-order valence-corrected chi connectivity index (χ3v) is 5.12. The second-order valence-corrected chi connectivity index (χ2v) is 8.17. The van der Waals surface area contributed by atoms with E-state index in [0.29, 0.717) is 10.7 Å². The van der Waals surface area contributed by atoms with E-state index in [4.69, 9.17) is 46.4 Å². The molecule has 2 aromatic carbocycles. The molecule has 0 heterocycles. The Morgan fingerprint density at radius 3 is 2.38 bits per heavy atom. The summed E-state index contributed by atoms with van der Waals surface area (Å²) in [5, 5.41) is 2.87. The van der Waals surface area contributed by atoms with Gasteiger partial charge in [-0.2, -0.15) is 0 Å². The summed E-state index contributed by atoms with van der Waals surface area (Å²) < 4.78 is 27.2. The fourth-order valence-corrected chi connectivity index (χ4v) is 3.26. The SMILES string of the molecule is O=C(Nc1cc(S(=O)(=O)Nc2cccc(Cl)c2)ccc1Cl)C(Cl)Cl. The van der Waals surface area contributed by atoms with Gasteiger partial charge in [0.2, 0.25) is 0 Å². The van der Waals surface area contributed by atoms with Crippen LogP contribution in [-0.4, -0.2) is 19.2 Å². The number of nitrogens with one attached hydrogen (secondary N) is 2. The van der Waals surface area contributed by atoms with Crippen LogP contribution in [-0.2, 0) is 14.8 Å². The highest BCUT2D eigenvalue weighted by Crippen LogP contribution is 2.27. The van der Waals surface area contributed by atoms with Crippen LogP contribution in [0.4, 0.5) is 11.4 Å². The Kier molecular flexibility index (Phi) is 6.22. The van der Waals surface area contributed by atoms with Crippen LogP contribution in [0.2, 0.25) is 10.0 Å². The molecule has 0 saturated carbocycles. The maximum Gasteiger partial charge on any atom is 0.261 e. The molecule has 5 nitrogen and oxygen atoms in total. The fraction of sp³-hybridized carbons (Fsp3) is 0.0714. The summed E-state index contributed by atoms with van der Waals surface area (Å²) in [6.07, 6.45) is 0. The quantitative estimate of drug-likeness (QED) is 0.688. The first kappa shape index (κ1) is 19.1. The predicted molar refractivity (Wildman–Crippen MR) is 97.8 cm³/mol. The molecule has 10 heteroatoms. The molecule has 24 heavy (non-hydrogen) atoms. The summed E-state index contributed by atoms with van der Waals surface area (Å²) in [5.41, 5.74) is 0.367. The summed E-state index contributed by atoms with van der Waals surface area (Å²) in [6.45, 7) is 0. The van der Waals surface area contributed by atoms with Crippen LogP contribution in [0.3, 0.4) is 0 Å². The molecule has 0 radical (unpaired) electrons. The average Bonchev–Trinajstić information content (AvgIpc) is 2.48. The number of hydrogen-bond acceptors (Lipinski definition) is 3. The smallest absolute Gasteiger partial charge is 0.261 e. The summed E-state index contributed by atoms with van der Waals surface area (Å²) in [7, 11) is -3.91. The molecule has 0 aliphatic heterocycles. The molecule has 2 aromatic rings. The number of carbonyl (C=O) groups excluding carboxylic acids is 1. The van der Waals surface area contributed by atoms with Gasteiger partial charge in [-0.1, -0.05) is 52.5 Å². The van der Waals surface area contributed by atoms with Gasteiger partial charge in [-0.15, -0.1) is 0 Å². The molecule has 128 valence electrons. The number of carbonyl (C=O) groups is 1. The normalized spacial score (nSPS) is 11.4. The molecule has 0 spiro atoms. The second-order valence-electron chi connectivity index (χ2n) is 4.55. The number of halogens is 4. The van der Waals surface area contributed by atoms with E-state index >= 15 is 0 Å². The van der Waals surface area contributed by atoms with Crippen LogP contribution < -0.4 is 10.0 Å². The van der Waals surface area contributed by atoms with Crippen molar-refractivity contribution in [3.63, 3.8) is 0 Å². The minimum absolute atomic E-state index is 0.0712. The van der Waals surface area contributed by atoms with E-state index in [9.17, 15) is 13.2 Å². The van der Waals surface area contributed by atoms with Crippen LogP contribution in [0.15, 0.2) is 47.4 Å². The maximum absolute atomic E-state index is 12.4. The van der Waals surface area contributed by atoms with Crippen molar-refractivity contribution in [2.24, 2.45) is 0 Å². The molecule has 2 rings (SSSR count). The average molecular weight is 428 g/mol. The Bertz CT molecular complexity index is 872. The predicted octanol–water partition coefficient (Wildman–Crippen LogP) is 4.54. The van der Waals surface area contributed by atoms with Gasteiger partial charge in [0, 0.05) is 5.02 Å². The van der Waals surface area contributed by atoms with E-state index in [0.717, 1.165) is 0 Å². The molecular formula is C14H10Cl4N2O3S. The molecule has 0 aliphatic rings. The molecule has 0 unspecified atom stereocenters. The van der Waals surface area contributed by atoms with Crippen LogP contribution in [0, 0.1) is 0 Å². The number of sulfonamides is 1. The molecule has 0 aliphatic carbocycles. The number of alkyl halides is 2. The lowest BCUT2D eigenvalue weighted by Crippen LogP contribution is -2.19. The van der Waals surface area contributed by atoms with Crippen molar-refractivity contribution in [3.05, 3.63) is 52.5 Å². The lowest BCUT2D eigenvalue weighted by atomic mass is 10.3. The summed E-state index contributed by atoms with van der Waals surface area (Å²) >= 11 is 22.7. The zero-order valence-electron chi connectivity index (χ0n) is 11.8. The largest absolute Gasteiger partial charge is 0.322 e. The molecule has 0 aromatic heterocycles. The van der Waals surface area contributed by atoms with E-state index in [1.165, 1.54) is 24.3 Å². The lowest BCUT2D eigenvalue weighted by molar-refractivity contribution is -0.114. The van der Waals surface area contributed by atoms with Crippen molar-refractivity contribution in [1.82, 2.24) is 0 Å². The van der Waals surface area contributed by atoms with Gasteiger partial charge in [0.05, 0.1) is 21.3 Å². The van der Waals surface area contributed by atoms with Crippen molar-refractivity contribution < 1.29 is 13.2 Å². The first-order valence-electron chi connectivity index (χ1n) is 6.36. The standard InChI is InChI=1S/C14H10Cl4N2O3S/c15-8-2-1-3-9(6-8)20-24(22,23)10-4-5-11(16)12(7-10)19-14(21)13(17)18/h1-7,13,20H,(H,19,21). The van der Waals surface area contributed by atoms with Crippen molar-refractivity contribution in [1.29, 1.82) is 0 Å². The van der Waals surface area contributed by atoms with Gasteiger partial charge >= 0.3 is 0 Å². The molecule has 0 atom stereocenters. The Labute approximate surface area is 158 Å². The van der Waals surface area contributed by atoms with Crippen LogP contribution >= 0.6 is 46.4 Å². The van der Waals surface area contributed by atoms with E-state index < -0.39 is 20.8 Å². The highest BCUT2D eigenvalue weighted by Gasteiger charge is 2.18. The topological polar surface area (TPSA) is 75.3 Å². The van der Waals surface area contributed by atoms with Gasteiger partial charge in [-0.3, -0.25) is 9.52 Å². The molecule has 0 bridgehead atoms. The van der Waals surface area contributed by atoms with Crippen molar-refractivity contribution in [2.45, 2.75) is 9.73 Å². The number of benzene rings is 2. The van der Waals surface area contributed by atoms with Gasteiger partial charge in [0.15, 0.2) is 4.84 Å². The molecule has 0 fully saturated rings. The van der Waals surface area contributed by atoms with Crippen molar-refractivity contribution >= 4 is 73.7 Å². The summed E-state index contributed by atoms with van der Waals surface area (Å²) in [6, 6.07) is 10.1. The Hall–Kier alpha value is -1.18. The summed E-state index contributed by atoms with van der Waals surface area (Å²) in [5.74, 6) is -0.724. The zero-order chi connectivity index (χ0) is 17.9. The molecule has 2 N–H and O–H groups in total. The highest BCUT2D eigenvalue weighted by atomic mass is 35.5. The first-order chi connectivity index (χ1) is 11.2. The van der Waals surface area contributed by atoms with Crippen molar-refractivity contribution in [2.75, 3.05) is 10.0 Å².